The van der Waals surface area contributed by atoms with E-state index >= 15 is 0 Å². The van der Waals surface area contributed by atoms with Gasteiger partial charge in [-0.05, 0) is 62.6 Å². The molecule has 1 aliphatic rings. The summed E-state index contributed by atoms with van der Waals surface area (Å²) in [5.41, 5.74) is 10.1. The van der Waals surface area contributed by atoms with Gasteiger partial charge in [0.25, 0.3) is 5.91 Å². The van der Waals surface area contributed by atoms with E-state index in [1.165, 1.54) is 7.05 Å². The van der Waals surface area contributed by atoms with Crippen LogP contribution >= 0.6 is 0 Å². The summed E-state index contributed by atoms with van der Waals surface area (Å²) in [4.78, 5) is 25.6. The molecule has 2 amide bonds. The summed E-state index contributed by atoms with van der Waals surface area (Å²) >= 11 is 0. The Balaban J connectivity index is 1.46. The number of hydrogen-bond acceptors (Lipinski definition) is 5. The number of halogens is 2. The van der Waals surface area contributed by atoms with Crippen molar-refractivity contribution in [2.45, 2.75) is 64.0 Å². The molecule has 1 aliphatic carbocycles. The summed E-state index contributed by atoms with van der Waals surface area (Å²) in [6.07, 6.45) is -0.133. The van der Waals surface area contributed by atoms with Gasteiger partial charge in [0.1, 0.15) is 5.69 Å². The number of nitrogens with one attached hydrogen (secondary N) is 1. The van der Waals surface area contributed by atoms with E-state index < -0.39 is 17.9 Å². The molecule has 39 heavy (non-hydrogen) atoms. The molecule has 1 saturated carbocycles. The van der Waals surface area contributed by atoms with Crippen LogP contribution < -0.4 is 11.1 Å². The summed E-state index contributed by atoms with van der Waals surface area (Å²) < 4.78 is 25.5. The van der Waals surface area contributed by atoms with E-state index in [1.807, 2.05) is 74.5 Å². The zero-order valence-electron chi connectivity index (χ0n) is 22.5. The van der Waals surface area contributed by atoms with Gasteiger partial charge < -0.3 is 16.0 Å². The highest BCUT2D eigenvalue weighted by Crippen LogP contribution is 2.33. The molecular weight excluding hydrogens is 500 g/mol. The number of rotatable bonds is 8. The molecule has 0 aliphatic heterocycles. The zero-order chi connectivity index (χ0) is 28.2. The smallest absolute Gasteiger partial charge is 0.315 e. The number of nitrogens with zero attached hydrogens (tertiary/aromatic N) is 3. The van der Waals surface area contributed by atoms with Crippen LogP contribution in [-0.4, -0.2) is 46.4 Å². The Hall–Kier alpha value is -3.72. The lowest BCUT2D eigenvalue weighted by Gasteiger charge is -2.34. The minimum atomic E-state index is -3.00. The van der Waals surface area contributed by atoms with Gasteiger partial charge in [-0.25, -0.2) is 0 Å². The van der Waals surface area contributed by atoms with Gasteiger partial charge in [-0.1, -0.05) is 54.6 Å². The predicted octanol–water partition coefficient (Wildman–Crippen LogP) is 5.62. The number of carbonyl (C=O) groups is 2. The lowest BCUT2D eigenvalue weighted by atomic mass is 9.83. The van der Waals surface area contributed by atoms with Crippen molar-refractivity contribution >= 4 is 17.6 Å². The monoisotopic (exact) mass is 535 g/mol. The van der Waals surface area contributed by atoms with E-state index in [0.29, 0.717) is 43.6 Å². The predicted molar refractivity (Wildman–Crippen MR) is 148 cm³/mol. The van der Waals surface area contributed by atoms with Gasteiger partial charge in [0.2, 0.25) is 5.91 Å². The Morgan fingerprint density at radius 3 is 2.23 bits per heavy atom. The first-order valence-electron chi connectivity index (χ1n) is 13.2. The normalized spacial score (nSPS) is 17.6. The fourth-order valence-electron chi connectivity index (χ4n) is 5.09. The van der Waals surface area contributed by atoms with Crippen LogP contribution in [0.3, 0.4) is 0 Å². The van der Waals surface area contributed by atoms with E-state index in [2.05, 4.69) is 15.5 Å². The fourth-order valence-corrected chi connectivity index (χ4v) is 5.09. The largest absolute Gasteiger partial charge is 0.338 e. The van der Waals surface area contributed by atoms with Crippen LogP contribution in [0.1, 0.15) is 51.5 Å². The Bertz CT molecular complexity index is 1280. The number of nitrogens with two attached hydrogens (primary N) is 1. The van der Waals surface area contributed by atoms with E-state index in [0.717, 1.165) is 27.2 Å². The minimum Gasteiger partial charge on any atom is -0.338 e. The van der Waals surface area contributed by atoms with Crippen molar-refractivity contribution < 1.29 is 18.4 Å². The number of hydrogen-bond donors (Lipinski definition) is 2. The SMILES string of the molecule is CN(C(=O)C(F)F)C1CCC(CC(=O)Nc2cc(-c3ccccc3)c(-c3ccc(C(C)(C)N)cc3)nn2)CC1. The van der Waals surface area contributed by atoms with Crippen LogP contribution in [0.2, 0.25) is 0 Å². The first kappa shape index (κ1) is 28.3. The molecule has 9 heteroatoms. The van der Waals surface area contributed by atoms with Gasteiger partial charge >= 0.3 is 6.43 Å². The van der Waals surface area contributed by atoms with Crippen LogP contribution in [0.15, 0.2) is 60.7 Å². The third-order valence-electron chi connectivity index (χ3n) is 7.42. The molecule has 3 N–H and O–H groups in total. The lowest BCUT2D eigenvalue weighted by Crippen LogP contribution is -2.42. The number of aromatic nitrogens is 2. The first-order chi connectivity index (χ1) is 18.5. The van der Waals surface area contributed by atoms with Crippen LogP contribution in [0.4, 0.5) is 14.6 Å². The van der Waals surface area contributed by atoms with E-state index in [4.69, 9.17) is 5.73 Å². The molecule has 0 radical (unpaired) electrons. The Labute approximate surface area is 227 Å². The Morgan fingerprint density at radius 2 is 1.64 bits per heavy atom. The van der Waals surface area contributed by atoms with Crippen molar-refractivity contribution in [3.8, 4) is 22.4 Å². The molecule has 0 bridgehead atoms. The average Bonchev–Trinajstić information content (AvgIpc) is 2.92. The average molecular weight is 536 g/mol. The van der Waals surface area contributed by atoms with Crippen LogP contribution in [0, 0.1) is 5.92 Å². The highest BCUT2D eigenvalue weighted by molar-refractivity contribution is 5.91. The van der Waals surface area contributed by atoms with E-state index in [1.54, 1.807) is 0 Å². The zero-order valence-corrected chi connectivity index (χ0v) is 22.5. The van der Waals surface area contributed by atoms with Crippen molar-refractivity contribution in [1.29, 1.82) is 0 Å². The second-order valence-electron chi connectivity index (χ2n) is 10.8. The van der Waals surface area contributed by atoms with Crippen LogP contribution in [-0.2, 0) is 15.1 Å². The molecule has 3 aromatic rings. The van der Waals surface area contributed by atoms with E-state index in [9.17, 15) is 18.4 Å². The second-order valence-corrected chi connectivity index (χ2v) is 10.8. The van der Waals surface area contributed by atoms with Gasteiger partial charge in [-0.3, -0.25) is 9.59 Å². The molecule has 1 fully saturated rings. The number of anilines is 1. The number of amides is 2. The number of alkyl halides is 2. The molecule has 4 rings (SSSR count). The van der Waals surface area contributed by atoms with Crippen molar-refractivity contribution in [2.24, 2.45) is 11.7 Å². The molecule has 1 heterocycles. The molecule has 0 saturated heterocycles. The van der Waals surface area contributed by atoms with Crippen LogP contribution in [0.5, 0.6) is 0 Å². The molecule has 206 valence electrons. The van der Waals surface area contributed by atoms with Gasteiger partial charge in [0, 0.05) is 36.2 Å². The van der Waals surface area contributed by atoms with Crippen molar-refractivity contribution in [1.82, 2.24) is 15.1 Å². The number of benzene rings is 2. The summed E-state index contributed by atoms with van der Waals surface area (Å²) in [6, 6.07) is 19.3. The van der Waals surface area contributed by atoms with Gasteiger partial charge in [0.15, 0.2) is 5.82 Å². The maximum Gasteiger partial charge on any atom is 0.315 e. The first-order valence-corrected chi connectivity index (χ1v) is 13.2. The third kappa shape index (κ3) is 7.03. The summed E-state index contributed by atoms with van der Waals surface area (Å²) in [5, 5.41) is 11.7. The van der Waals surface area contributed by atoms with Gasteiger partial charge in [-0.15, -0.1) is 10.2 Å². The Morgan fingerprint density at radius 1 is 1.00 bits per heavy atom. The van der Waals surface area contributed by atoms with Crippen molar-refractivity contribution in [3.63, 3.8) is 0 Å². The molecule has 0 spiro atoms. The number of carbonyl (C=O) groups excluding carboxylic acids is 2. The van der Waals surface area contributed by atoms with Crippen molar-refractivity contribution in [3.05, 3.63) is 66.2 Å². The summed E-state index contributed by atoms with van der Waals surface area (Å²) in [7, 11) is 1.42. The maximum absolute atomic E-state index is 12.9. The second kappa shape index (κ2) is 12.0. The molecular formula is C30H35F2N5O2. The lowest BCUT2D eigenvalue weighted by molar-refractivity contribution is -0.144. The minimum absolute atomic E-state index is 0.113. The molecule has 0 unspecified atom stereocenters. The fraction of sp³-hybridized carbons (Fsp3) is 0.400. The maximum atomic E-state index is 12.9. The highest BCUT2D eigenvalue weighted by atomic mass is 19.3. The molecule has 7 nitrogen and oxygen atoms in total. The van der Waals surface area contributed by atoms with E-state index in [-0.39, 0.29) is 17.9 Å². The topological polar surface area (TPSA) is 101 Å². The summed E-state index contributed by atoms with van der Waals surface area (Å²) in [6.45, 7) is 3.90. The van der Waals surface area contributed by atoms with Gasteiger partial charge in [-0.2, -0.15) is 8.78 Å². The molecule has 0 atom stereocenters. The molecule has 2 aromatic carbocycles. The molecule has 1 aromatic heterocycles. The Kier molecular flexibility index (Phi) is 8.70. The standard InChI is InChI=1S/C30H35F2N5O2/c1-30(2,33)22-13-11-21(12-14-22)27-24(20-7-5-4-6-8-20)18-25(35-36-27)34-26(38)17-19-9-15-23(16-10-19)37(3)29(39)28(31)32/h4-8,11-14,18-19,23,28H,9-10,15-17,33H2,1-3H3,(H,34,35,38). The highest BCUT2D eigenvalue weighted by Gasteiger charge is 2.31. The summed E-state index contributed by atoms with van der Waals surface area (Å²) in [5.74, 6) is -0.849. The van der Waals surface area contributed by atoms with Crippen molar-refractivity contribution in [2.75, 3.05) is 12.4 Å². The quantitative estimate of drug-likeness (QED) is 0.390. The van der Waals surface area contributed by atoms with Gasteiger partial charge in [0.05, 0.1) is 0 Å². The third-order valence-corrected chi connectivity index (χ3v) is 7.42. The van der Waals surface area contributed by atoms with Crippen LogP contribution in [0.25, 0.3) is 22.4 Å².